The van der Waals surface area contributed by atoms with Crippen molar-refractivity contribution in [3.05, 3.63) is 16.0 Å². The quantitative estimate of drug-likeness (QED) is 0.778. The number of anilines is 1. The minimum absolute atomic E-state index is 0.0851. The smallest absolute Gasteiger partial charge is 0.341 e. The summed E-state index contributed by atoms with van der Waals surface area (Å²) in [6, 6.07) is 0. The number of amides is 1. The van der Waals surface area contributed by atoms with Gasteiger partial charge in [-0.3, -0.25) is 4.79 Å². The topological polar surface area (TPSA) is 69.1 Å². The van der Waals surface area contributed by atoms with Gasteiger partial charge in [0, 0.05) is 4.88 Å². The fourth-order valence-corrected chi connectivity index (χ4v) is 4.16. The first kappa shape index (κ1) is 18.9. The number of quaternary nitrogens is 1. The summed E-state index contributed by atoms with van der Waals surface area (Å²) < 4.78 is 10.8. The van der Waals surface area contributed by atoms with E-state index in [2.05, 4.69) is 5.32 Å². The minimum Gasteiger partial charge on any atom is -0.462 e. The first-order valence-electron chi connectivity index (χ1n) is 8.37. The summed E-state index contributed by atoms with van der Waals surface area (Å²) in [5, 5.41) is 3.49. The Labute approximate surface area is 147 Å². The number of thiophene rings is 1. The van der Waals surface area contributed by atoms with Crippen LogP contribution in [-0.2, 0) is 14.3 Å². The maximum Gasteiger partial charge on any atom is 0.341 e. The molecule has 1 aromatic rings. The molecule has 0 bridgehead atoms. The van der Waals surface area contributed by atoms with Gasteiger partial charge >= 0.3 is 5.97 Å². The molecule has 6 nitrogen and oxygen atoms in total. The second-order valence-electron chi connectivity index (χ2n) is 6.35. The van der Waals surface area contributed by atoms with Gasteiger partial charge in [0.1, 0.15) is 30.3 Å². The maximum atomic E-state index is 12.4. The lowest BCUT2D eigenvalue weighted by atomic mass is 10.1. The number of nitrogens with one attached hydrogen (secondary N) is 2. The van der Waals surface area contributed by atoms with E-state index in [9.17, 15) is 9.59 Å². The van der Waals surface area contributed by atoms with Gasteiger partial charge in [-0.05, 0) is 40.2 Å². The molecule has 1 aliphatic heterocycles. The molecule has 7 heteroatoms. The van der Waals surface area contributed by atoms with Crippen LogP contribution in [0.4, 0.5) is 5.00 Å². The van der Waals surface area contributed by atoms with E-state index < -0.39 is 0 Å². The van der Waals surface area contributed by atoms with Crippen LogP contribution in [0, 0.1) is 13.8 Å². The number of esters is 1. The van der Waals surface area contributed by atoms with Crippen LogP contribution >= 0.6 is 11.3 Å². The monoisotopic (exact) mass is 355 g/mol. The number of aryl methyl sites for hydroxylation is 1. The highest BCUT2D eigenvalue weighted by molar-refractivity contribution is 7.16. The first-order valence-corrected chi connectivity index (χ1v) is 9.19. The average Bonchev–Trinajstić information content (AvgIpc) is 2.72. The third kappa shape index (κ3) is 4.55. The Hall–Kier alpha value is -1.44. The van der Waals surface area contributed by atoms with Gasteiger partial charge in [-0.1, -0.05) is 0 Å². The zero-order valence-corrected chi connectivity index (χ0v) is 15.8. The summed E-state index contributed by atoms with van der Waals surface area (Å²) in [6.45, 7) is 11.9. The number of ether oxygens (including phenoxy) is 2. The molecule has 0 spiro atoms. The van der Waals surface area contributed by atoms with Crippen LogP contribution in [0.1, 0.15) is 41.6 Å². The third-order valence-corrected chi connectivity index (χ3v) is 5.27. The lowest BCUT2D eigenvalue weighted by Crippen LogP contribution is -3.16. The van der Waals surface area contributed by atoms with Crippen LogP contribution in [0.5, 0.6) is 0 Å². The van der Waals surface area contributed by atoms with Gasteiger partial charge in [0.2, 0.25) is 0 Å². The zero-order chi connectivity index (χ0) is 17.9. The Bertz CT molecular complexity index is 604. The molecule has 1 saturated heterocycles. The highest BCUT2D eigenvalue weighted by Crippen LogP contribution is 2.32. The van der Waals surface area contributed by atoms with Gasteiger partial charge in [-0.25, -0.2) is 4.79 Å². The molecule has 1 unspecified atom stereocenters. The molecule has 0 aliphatic carbocycles. The largest absolute Gasteiger partial charge is 0.462 e. The molecule has 2 rings (SSSR count). The van der Waals surface area contributed by atoms with Gasteiger partial charge in [-0.15, -0.1) is 11.3 Å². The normalized spacial score (nSPS) is 23.8. The van der Waals surface area contributed by atoms with Crippen molar-refractivity contribution in [3.63, 3.8) is 0 Å². The van der Waals surface area contributed by atoms with Crippen LogP contribution in [0.15, 0.2) is 0 Å². The van der Waals surface area contributed by atoms with E-state index in [1.807, 2.05) is 27.7 Å². The van der Waals surface area contributed by atoms with Gasteiger partial charge in [0.15, 0.2) is 6.54 Å². The summed E-state index contributed by atoms with van der Waals surface area (Å²) >= 11 is 1.42. The Kier molecular flexibility index (Phi) is 6.37. The van der Waals surface area contributed by atoms with E-state index in [-0.39, 0.29) is 24.1 Å². The van der Waals surface area contributed by atoms with Gasteiger partial charge < -0.3 is 19.7 Å². The van der Waals surface area contributed by atoms with Gasteiger partial charge in [-0.2, -0.15) is 0 Å². The molecular weight excluding hydrogens is 328 g/mol. The van der Waals surface area contributed by atoms with E-state index >= 15 is 0 Å². The fourth-order valence-electron chi connectivity index (χ4n) is 3.10. The second kappa shape index (κ2) is 8.09. The van der Waals surface area contributed by atoms with Crippen LogP contribution in [0.3, 0.4) is 0 Å². The summed E-state index contributed by atoms with van der Waals surface area (Å²) in [5.41, 5.74) is 1.35. The number of carbonyl (C=O) groups excluding carboxylic acids is 2. The highest BCUT2D eigenvalue weighted by atomic mass is 32.1. The van der Waals surface area contributed by atoms with Crippen molar-refractivity contribution in [1.29, 1.82) is 0 Å². The average molecular weight is 355 g/mol. The van der Waals surface area contributed by atoms with Crippen molar-refractivity contribution in [3.8, 4) is 0 Å². The Morgan fingerprint density at radius 3 is 2.50 bits per heavy atom. The van der Waals surface area contributed by atoms with Crippen LogP contribution < -0.4 is 10.2 Å². The molecule has 3 atom stereocenters. The van der Waals surface area contributed by atoms with E-state index in [0.717, 1.165) is 23.5 Å². The minimum atomic E-state index is -0.379. The van der Waals surface area contributed by atoms with Crippen molar-refractivity contribution in [2.45, 2.75) is 46.8 Å². The molecular formula is C17H27N2O4S+. The highest BCUT2D eigenvalue weighted by Gasteiger charge is 2.28. The lowest BCUT2D eigenvalue weighted by Gasteiger charge is -2.31. The SMILES string of the molecule is CCOC(=O)c1c(NC(=O)C[NH+]2C[C@@H](C)O[C@@H](C)C2)sc(C)c1C. The van der Waals surface area contributed by atoms with Crippen LogP contribution in [0.2, 0.25) is 0 Å². The Morgan fingerprint density at radius 1 is 1.29 bits per heavy atom. The Balaban J connectivity index is 2.06. The second-order valence-corrected chi connectivity index (χ2v) is 7.57. The number of hydrogen-bond acceptors (Lipinski definition) is 5. The zero-order valence-electron chi connectivity index (χ0n) is 15.0. The summed E-state index contributed by atoms with van der Waals surface area (Å²) in [6.07, 6.45) is 0.302. The molecule has 1 aromatic heterocycles. The van der Waals surface area contributed by atoms with Gasteiger partial charge in [0.05, 0.1) is 12.2 Å². The molecule has 1 aliphatic rings. The molecule has 24 heavy (non-hydrogen) atoms. The van der Waals surface area contributed by atoms with Gasteiger partial charge in [0.25, 0.3) is 5.91 Å². The molecule has 2 heterocycles. The van der Waals surface area contributed by atoms with Crippen LogP contribution in [-0.4, -0.2) is 50.3 Å². The molecule has 0 saturated carbocycles. The van der Waals surface area contributed by atoms with Crippen molar-refractivity contribution in [2.75, 3.05) is 31.6 Å². The lowest BCUT2D eigenvalue weighted by molar-refractivity contribution is -0.907. The van der Waals surface area contributed by atoms with Crippen molar-refractivity contribution in [1.82, 2.24) is 0 Å². The van der Waals surface area contributed by atoms with E-state index in [1.54, 1.807) is 6.92 Å². The Morgan fingerprint density at radius 2 is 1.92 bits per heavy atom. The van der Waals surface area contributed by atoms with E-state index in [0.29, 0.717) is 23.7 Å². The predicted molar refractivity (Wildman–Crippen MR) is 94.0 cm³/mol. The van der Waals surface area contributed by atoms with Crippen molar-refractivity contribution in [2.24, 2.45) is 0 Å². The predicted octanol–water partition coefficient (Wildman–Crippen LogP) is 1.17. The molecule has 0 radical (unpaired) electrons. The molecule has 1 amide bonds. The van der Waals surface area contributed by atoms with Crippen LogP contribution in [0.25, 0.3) is 0 Å². The number of hydrogen-bond donors (Lipinski definition) is 2. The number of carbonyl (C=O) groups is 2. The molecule has 134 valence electrons. The molecule has 2 N–H and O–H groups in total. The summed E-state index contributed by atoms with van der Waals surface area (Å²) in [7, 11) is 0. The maximum absolute atomic E-state index is 12.4. The number of rotatable bonds is 5. The van der Waals surface area contributed by atoms with Crippen molar-refractivity contribution < 1.29 is 24.0 Å². The fraction of sp³-hybridized carbons (Fsp3) is 0.647. The first-order chi connectivity index (χ1) is 11.3. The molecule has 0 aromatic carbocycles. The van der Waals surface area contributed by atoms with E-state index in [1.165, 1.54) is 16.2 Å². The summed E-state index contributed by atoms with van der Waals surface area (Å²) in [4.78, 5) is 26.8. The number of morpholine rings is 1. The standard InChI is InChI=1S/C17H26N2O4S/c1-6-22-17(21)15-12(4)13(5)24-16(15)18-14(20)9-19-7-10(2)23-11(3)8-19/h10-11H,6-9H2,1-5H3,(H,18,20)/p+1/t10-,11+. The third-order valence-electron chi connectivity index (χ3n) is 4.15. The summed E-state index contributed by atoms with van der Waals surface area (Å²) in [5.74, 6) is -0.464. The van der Waals surface area contributed by atoms with Crippen molar-refractivity contribution >= 4 is 28.2 Å². The molecule has 1 fully saturated rings. The van der Waals surface area contributed by atoms with E-state index in [4.69, 9.17) is 9.47 Å².